The molecule has 1 aromatic rings. The van der Waals surface area contributed by atoms with Gasteiger partial charge in [-0.25, -0.2) is 0 Å². The van der Waals surface area contributed by atoms with Crippen LogP contribution in [0.15, 0.2) is 30.3 Å². The van der Waals surface area contributed by atoms with Gasteiger partial charge >= 0.3 is 5.97 Å². The van der Waals surface area contributed by atoms with Gasteiger partial charge in [0.05, 0.1) is 6.61 Å². The fraction of sp³-hybridized carbons (Fsp3) is 0.429. The van der Waals surface area contributed by atoms with Crippen molar-refractivity contribution in [1.29, 1.82) is 0 Å². The highest BCUT2D eigenvalue weighted by Gasteiger charge is 2.01. The molecule has 0 fully saturated rings. The second-order valence-electron chi connectivity index (χ2n) is 3.77. The number of carbonyl (C=O) groups excluding carboxylic acids is 1. The largest absolute Gasteiger partial charge is 0.466 e. The van der Waals surface area contributed by atoms with Crippen molar-refractivity contribution in [3.05, 3.63) is 42.8 Å². The van der Waals surface area contributed by atoms with E-state index in [9.17, 15) is 4.79 Å². The van der Waals surface area contributed by atoms with Crippen LogP contribution in [0.5, 0.6) is 0 Å². The van der Waals surface area contributed by atoms with E-state index in [0.29, 0.717) is 13.0 Å². The molecule has 0 saturated heterocycles. The normalized spacial score (nSPS) is 10.1. The van der Waals surface area contributed by atoms with E-state index in [-0.39, 0.29) is 5.97 Å². The zero-order valence-electron chi connectivity index (χ0n) is 9.65. The first-order valence-electron chi connectivity index (χ1n) is 5.81. The summed E-state index contributed by atoms with van der Waals surface area (Å²) >= 11 is 0. The smallest absolute Gasteiger partial charge is 0.305 e. The van der Waals surface area contributed by atoms with Crippen molar-refractivity contribution in [3.63, 3.8) is 0 Å². The topological polar surface area (TPSA) is 26.3 Å². The first-order chi connectivity index (χ1) is 7.83. The number of aryl methyl sites for hydroxylation is 1. The summed E-state index contributed by atoms with van der Waals surface area (Å²) in [6.07, 6.45) is 3.95. The Morgan fingerprint density at radius 2 is 1.94 bits per heavy atom. The van der Waals surface area contributed by atoms with Crippen molar-refractivity contribution >= 4 is 5.97 Å². The number of unbranched alkanes of at least 4 members (excludes halogenated alkanes) is 1. The second-order valence-corrected chi connectivity index (χ2v) is 3.77. The third-order valence-electron chi connectivity index (χ3n) is 2.35. The third kappa shape index (κ3) is 5.54. The molecule has 1 radical (unpaired) electrons. The summed E-state index contributed by atoms with van der Waals surface area (Å²) in [5.74, 6) is -0.100. The first kappa shape index (κ1) is 12.8. The van der Waals surface area contributed by atoms with E-state index in [0.717, 1.165) is 25.7 Å². The summed E-state index contributed by atoms with van der Waals surface area (Å²) in [6.45, 7) is 4.20. The maximum absolute atomic E-state index is 11.2. The standard InChI is InChI=1S/C14H19O2/c1-2-3-11-14(15)16-12-7-10-13-8-5-4-6-9-13/h4-6,8-9H,1-3,7,10-12H2. The molecule has 0 aliphatic heterocycles. The van der Waals surface area contributed by atoms with Gasteiger partial charge in [0.1, 0.15) is 0 Å². The fourth-order valence-corrected chi connectivity index (χ4v) is 1.45. The molecule has 0 amide bonds. The van der Waals surface area contributed by atoms with Gasteiger partial charge in [0.25, 0.3) is 0 Å². The molecular weight excluding hydrogens is 200 g/mol. The third-order valence-corrected chi connectivity index (χ3v) is 2.35. The van der Waals surface area contributed by atoms with Crippen molar-refractivity contribution in [2.45, 2.75) is 32.1 Å². The molecule has 0 bridgehead atoms. The van der Waals surface area contributed by atoms with Crippen molar-refractivity contribution in [3.8, 4) is 0 Å². The fourth-order valence-electron chi connectivity index (χ4n) is 1.45. The summed E-state index contributed by atoms with van der Waals surface area (Å²) < 4.78 is 5.10. The van der Waals surface area contributed by atoms with E-state index in [4.69, 9.17) is 4.74 Å². The van der Waals surface area contributed by atoms with Crippen molar-refractivity contribution < 1.29 is 9.53 Å². The molecular formula is C14H19O2. The van der Waals surface area contributed by atoms with Crippen LogP contribution >= 0.6 is 0 Å². The Hall–Kier alpha value is -1.31. The SMILES string of the molecule is [CH2]CCCC(=O)OCCCc1ccccc1. The molecule has 1 aromatic carbocycles. The molecule has 0 aliphatic carbocycles. The van der Waals surface area contributed by atoms with Crippen LogP contribution < -0.4 is 0 Å². The minimum absolute atomic E-state index is 0.100. The summed E-state index contributed by atoms with van der Waals surface area (Å²) in [5, 5.41) is 0. The number of esters is 1. The lowest BCUT2D eigenvalue weighted by molar-refractivity contribution is -0.143. The maximum atomic E-state index is 11.2. The molecule has 0 unspecified atom stereocenters. The van der Waals surface area contributed by atoms with Crippen LogP contribution in [0.2, 0.25) is 0 Å². The molecule has 2 heteroatoms. The van der Waals surface area contributed by atoms with E-state index in [1.807, 2.05) is 18.2 Å². The van der Waals surface area contributed by atoms with Crippen molar-refractivity contribution in [1.82, 2.24) is 0 Å². The van der Waals surface area contributed by atoms with Gasteiger partial charge in [0, 0.05) is 6.42 Å². The van der Waals surface area contributed by atoms with Crippen LogP contribution in [0.1, 0.15) is 31.2 Å². The minimum atomic E-state index is -0.100. The number of benzene rings is 1. The molecule has 0 aromatic heterocycles. The minimum Gasteiger partial charge on any atom is -0.466 e. The zero-order chi connectivity index (χ0) is 11.6. The van der Waals surface area contributed by atoms with Crippen LogP contribution in [0.4, 0.5) is 0 Å². The molecule has 0 spiro atoms. The molecule has 0 atom stereocenters. The molecule has 1 rings (SSSR count). The van der Waals surface area contributed by atoms with Crippen LogP contribution in [-0.2, 0) is 16.0 Å². The lowest BCUT2D eigenvalue weighted by Gasteiger charge is -2.04. The Labute approximate surface area is 97.6 Å². The van der Waals surface area contributed by atoms with E-state index in [2.05, 4.69) is 19.1 Å². The number of hydrogen-bond donors (Lipinski definition) is 0. The van der Waals surface area contributed by atoms with Crippen molar-refractivity contribution in [2.75, 3.05) is 6.61 Å². The van der Waals surface area contributed by atoms with Gasteiger partial charge in [-0.15, -0.1) is 0 Å². The van der Waals surface area contributed by atoms with E-state index < -0.39 is 0 Å². The van der Waals surface area contributed by atoms with Crippen LogP contribution in [0, 0.1) is 6.92 Å². The molecule has 87 valence electrons. The number of hydrogen-bond acceptors (Lipinski definition) is 2. The lowest BCUT2D eigenvalue weighted by atomic mass is 10.1. The Kier molecular flexibility index (Phi) is 6.31. The lowest BCUT2D eigenvalue weighted by Crippen LogP contribution is -2.06. The van der Waals surface area contributed by atoms with E-state index in [1.165, 1.54) is 5.56 Å². The van der Waals surface area contributed by atoms with Gasteiger partial charge in [-0.1, -0.05) is 43.7 Å². The van der Waals surface area contributed by atoms with Gasteiger partial charge in [-0.2, -0.15) is 0 Å². The summed E-state index contributed by atoms with van der Waals surface area (Å²) in [7, 11) is 0. The molecule has 0 heterocycles. The van der Waals surface area contributed by atoms with E-state index in [1.54, 1.807) is 0 Å². The number of rotatable bonds is 7. The Morgan fingerprint density at radius 1 is 1.19 bits per heavy atom. The second kappa shape index (κ2) is 7.91. The monoisotopic (exact) mass is 219 g/mol. The first-order valence-corrected chi connectivity index (χ1v) is 5.81. The molecule has 0 N–H and O–H groups in total. The Morgan fingerprint density at radius 3 is 2.62 bits per heavy atom. The van der Waals surface area contributed by atoms with Crippen LogP contribution in [-0.4, -0.2) is 12.6 Å². The summed E-state index contributed by atoms with van der Waals surface area (Å²) in [4.78, 5) is 11.2. The predicted molar refractivity (Wildman–Crippen MR) is 64.9 cm³/mol. The summed E-state index contributed by atoms with van der Waals surface area (Å²) in [5.41, 5.74) is 1.29. The molecule has 0 saturated carbocycles. The molecule has 16 heavy (non-hydrogen) atoms. The Bertz CT molecular complexity index is 293. The highest BCUT2D eigenvalue weighted by molar-refractivity contribution is 5.69. The van der Waals surface area contributed by atoms with Gasteiger partial charge < -0.3 is 4.74 Å². The molecule has 2 nitrogen and oxygen atoms in total. The number of ether oxygens (including phenoxy) is 1. The molecule has 0 aliphatic rings. The average molecular weight is 219 g/mol. The average Bonchev–Trinajstić information content (AvgIpc) is 2.33. The zero-order valence-corrected chi connectivity index (χ0v) is 9.65. The predicted octanol–water partition coefficient (Wildman–Crippen LogP) is 3.17. The van der Waals surface area contributed by atoms with E-state index >= 15 is 0 Å². The van der Waals surface area contributed by atoms with Gasteiger partial charge in [0.15, 0.2) is 0 Å². The van der Waals surface area contributed by atoms with Gasteiger partial charge in [-0.3, -0.25) is 4.79 Å². The van der Waals surface area contributed by atoms with Crippen LogP contribution in [0.3, 0.4) is 0 Å². The maximum Gasteiger partial charge on any atom is 0.305 e. The van der Waals surface area contributed by atoms with Crippen LogP contribution in [0.25, 0.3) is 0 Å². The highest BCUT2D eigenvalue weighted by Crippen LogP contribution is 2.03. The Balaban J connectivity index is 2.06. The van der Waals surface area contributed by atoms with Crippen molar-refractivity contribution in [2.24, 2.45) is 0 Å². The summed E-state index contributed by atoms with van der Waals surface area (Å²) in [6, 6.07) is 10.2. The van der Waals surface area contributed by atoms with Gasteiger partial charge in [-0.05, 0) is 24.8 Å². The quantitative estimate of drug-likeness (QED) is 0.520. The highest BCUT2D eigenvalue weighted by atomic mass is 16.5. The van der Waals surface area contributed by atoms with Gasteiger partial charge in [0.2, 0.25) is 0 Å². The number of carbonyl (C=O) groups is 1.